The van der Waals surface area contributed by atoms with E-state index in [0.29, 0.717) is 24.1 Å². The molecule has 2 aromatic heterocycles. The lowest BCUT2D eigenvalue weighted by molar-refractivity contribution is -0.159. The van der Waals surface area contributed by atoms with Crippen molar-refractivity contribution in [2.75, 3.05) is 25.0 Å². The highest BCUT2D eigenvalue weighted by Crippen LogP contribution is 2.26. The van der Waals surface area contributed by atoms with Crippen molar-refractivity contribution in [2.24, 2.45) is 11.8 Å². The summed E-state index contributed by atoms with van der Waals surface area (Å²) in [6, 6.07) is 2.40. The number of aliphatic hydroxyl groups excluding tert-OH is 1. The molecule has 0 aromatic carbocycles. The van der Waals surface area contributed by atoms with E-state index in [9.17, 15) is 29.1 Å². The number of nitrogens with zero attached hydrogens (tertiary/aromatic N) is 3. The number of fused-ring (bicyclic) bond motifs is 3. The number of carbonyl (C=O) groups is 5. The number of oxazole rings is 1. The number of hydrogen-bond acceptors (Lipinski definition) is 11. The molecule has 2 aliphatic heterocycles. The third-order valence-electron chi connectivity index (χ3n) is 7.84. The molecule has 1 fully saturated rings. The first kappa shape index (κ1) is 35.7. The second kappa shape index (κ2) is 17.2. The molecule has 0 radical (unpaired) electrons. The van der Waals surface area contributed by atoms with E-state index in [-0.39, 0.29) is 55.8 Å². The molecule has 2 aliphatic rings. The summed E-state index contributed by atoms with van der Waals surface area (Å²) >= 11 is 0. The van der Waals surface area contributed by atoms with Crippen LogP contribution < -0.4 is 10.6 Å². The van der Waals surface area contributed by atoms with Crippen LogP contribution >= 0.6 is 0 Å². The predicted octanol–water partition coefficient (Wildman–Crippen LogP) is 3.16. The van der Waals surface area contributed by atoms with Crippen molar-refractivity contribution < 1.29 is 43.0 Å². The Bertz CT molecular complexity index is 1550. The number of ketones is 1. The van der Waals surface area contributed by atoms with Gasteiger partial charge in [0.2, 0.25) is 11.8 Å². The number of allylic oxidation sites excluding steroid dienone is 2. The van der Waals surface area contributed by atoms with Gasteiger partial charge in [0, 0.05) is 37.5 Å². The Morgan fingerprint density at radius 3 is 2.83 bits per heavy atom. The van der Waals surface area contributed by atoms with E-state index < -0.39 is 48.1 Å². The minimum absolute atomic E-state index is 0.0191. The number of nitrogens with one attached hydrogen (secondary N) is 2. The number of carbonyl (C=O) groups excluding carboxylic acids is 5. The van der Waals surface area contributed by atoms with Crippen molar-refractivity contribution in [3.05, 3.63) is 78.3 Å². The highest BCUT2D eigenvalue weighted by atomic mass is 16.6. The molecule has 3 amide bonds. The summed E-state index contributed by atoms with van der Waals surface area (Å²) in [7, 11) is 0. The number of esters is 1. The number of rotatable bonds is 4. The summed E-state index contributed by atoms with van der Waals surface area (Å²) in [4.78, 5) is 74.1. The molecule has 14 nitrogen and oxygen atoms in total. The normalized spacial score (nSPS) is 24.5. The van der Waals surface area contributed by atoms with Gasteiger partial charge in [-0.15, -0.1) is 0 Å². The average Bonchev–Trinajstić information content (AvgIpc) is 3.73. The maximum atomic E-state index is 13.6. The van der Waals surface area contributed by atoms with Crippen LogP contribution in [-0.4, -0.2) is 87.6 Å². The van der Waals surface area contributed by atoms with Crippen LogP contribution in [0.5, 0.6) is 0 Å². The van der Waals surface area contributed by atoms with Crippen molar-refractivity contribution in [1.82, 2.24) is 20.2 Å². The Morgan fingerprint density at radius 2 is 2.06 bits per heavy atom. The standard InChI is InChI=1S/C34H41N5O9/c1-21-7-4-13-36-29(42)11-10-22(2)31(23(3)19-47-34(45)37-24-8-5-12-35-18-24)48-33(44)28-9-6-14-39(28)32(43)27-20-46-30(38-27)17-26(41)16-25(40)15-21/h4-5,7-8,10-12,15,18,20,22-23,25,28,31,40H,6,9,13-14,16-17,19H2,1-3H3,(H,36,42)(H,37,45)/b7-4?,11-10+,21-15?/t22-,23-,25-,28-,31+/m1/s1. The fourth-order valence-electron chi connectivity index (χ4n) is 5.44. The van der Waals surface area contributed by atoms with E-state index >= 15 is 0 Å². The fourth-order valence-corrected chi connectivity index (χ4v) is 5.44. The Balaban J connectivity index is 1.54. The molecule has 0 unspecified atom stereocenters. The predicted molar refractivity (Wildman–Crippen MR) is 172 cm³/mol. The van der Waals surface area contributed by atoms with Gasteiger partial charge in [-0.3, -0.25) is 24.7 Å². The Morgan fingerprint density at radius 1 is 1.25 bits per heavy atom. The second-order valence-corrected chi connectivity index (χ2v) is 11.9. The molecule has 1 saturated heterocycles. The van der Waals surface area contributed by atoms with Gasteiger partial charge in [0.15, 0.2) is 5.69 Å². The van der Waals surface area contributed by atoms with E-state index in [0.717, 1.165) is 6.26 Å². The summed E-state index contributed by atoms with van der Waals surface area (Å²) in [5.74, 6) is -2.92. The van der Waals surface area contributed by atoms with Gasteiger partial charge in [-0.1, -0.05) is 43.7 Å². The van der Waals surface area contributed by atoms with Gasteiger partial charge in [0.25, 0.3) is 5.91 Å². The van der Waals surface area contributed by atoms with Gasteiger partial charge < -0.3 is 29.2 Å². The molecule has 0 aliphatic carbocycles. The molecule has 14 heteroatoms. The summed E-state index contributed by atoms with van der Waals surface area (Å²) in [5.41, 5.74) is 1.08. The van der Waals surface area contributed by atoms with E-state index in [1.807, 2.05) is 0 Å². The quantitative estimate of drug-likeness (QED) is 0.408. The average molecular weight is 664 g/mol. The monoisotopic (exact) mass is 663 g/mol. The molecule has 0 saturated carbocycles. The highest BCUT2D eigenvalue weighted by molar-refractivity contribution is 5.95. The van der Waals surface area contributed by atoms with Crippen LogP contribution in [0.1, 0.15) is 56.4 Å². The number of cyclic esters (lactones) is 1. The molecule has 4 rings (SSSR count). The molecule has 5 atom stereocenters. The van der Waals surface area contributed by atoms with E-state index in [2.05, 4.69) is 20.6 Å². The maximum absolute atomic E-state index is 13.6. The second-order valence-electron chi connectivity index (χ2n) is 11.9. The number of pyridine rings is 1. The van der Waals surface area contributed by atoms with E-state index in [1.165, 1.54) is 23.2 Å². The summed E-state index contributed by atoms with van der Waals surface area (Å²) in [6.45, 7) is 5.63. The van der Waals surface area contributed by atoms with Crippen LogP contribution in [-0.2, 0) is 30.3 Å². The van der Waals surface area contributed by atoms with Crippen LogP contribution in [0, 0.1) is 11.8 Å². The largest absolute Gasteiger partial charge is 0.460 e. The SMILES string of the molecule is CC1=C[C@@H](O)CC(=O)Cc2nc(co2)C(=O)N2CCC[C@@H]2C(=O)O[C@H]([C@H](C)COC(=O)Nc2cccnc2)[C@H](C)/C=C/C(=O)NCC=C1. The van der Waals surface area contributed by atoms with Gasteiger partial charge in [0.05, 0.1) is 31.0 Å². The Hall–Kier alpha value is -5.11. The first-order valence-corrected chi connectivity index (χ1v) is 15.8. The molecule has 3 N–H and O–H groups in total. The zero-order valence-corrected chi connectivity index (χ0v) is 27.2. The van der Waals surface area contributed by atoms with Gasteiger partial charge in [-0.05, 0) is 38.0 Å². The molecular weight excluding hydrogens is 622 g/mol. The van der Waals surface area contributed by atoms with E-state index in [4.69, 9.17) is 13.9 Å². The summed E-state index contributed by atoms with van der Waals surface area (Å²) in [6.07, 6.45) is 9.93. The molecule has 2 bridgehead atoms. The molecule has 2 aromatic rings. The lowest BCUT2D eigenvalue weighted by Crippen LogP contribution is -2.44. The van der Waals surface area contributed by atoms with Crippen molar-refractivity contribution >= 4 is 35.3 Å². The Labute approximate surface area is 278 Å². The highest BCUT2D eigenvalue weighted by Gasteiger charge is 2.39. The zero-order chi connectivity index (χ0) is 34.6. The molecule has 256 valence electrons. The lowest BCUT2D eigenvalue weighted by atomic mass is 9.93. The minimum atomic E-state index is -1.05. The third kappa shape index (κ3) is 10.5. The van der Waals surface area contributed by atoms with Crippen LogP contribution in [0.4, 0.5) is 10.5 Å². The van der Waals surface area contributed by atoms with Crippen molar-refractivity contribution in [3.63, 3.8) is 0 Å². The van der Waals surface area contributed by atoms with Crippen molar-refractivity contribution in [2.45, 2.75) is 64.7 Å². The van der Waals surface area contributed by atoms with Crippen molar-refractivity contribution in [3.8, 4) is 0 Å². The maximum Gasteiger partial charge on any atom is 0.411 e. The summed E-state index contributed by atoms with van der Waals surface area (Å²) in [5, 5.41) is 15.7. The van der Waals surface area contributed by atoms with Crippen LogP contribution in [0.15, 0.2) is 71.2 Å². The smallest absolute Gasteiger partial charge is 0.411 e. The minimum Gasteiger partial charge on any atom is -0.460 e. The van der Waals surface area contributed by atoms with Crippen molar-refractivity contribution in [1.29, 1.82) is 0 Å². The van der Waals surface area contributed by atoms with Gasteiger partial charge in [-0.2, -0.15) is 0 Å². The molecule has 0 spiro atoms. The van der Waals surface area contributed by atoms with Gasteiger partial charge in [-0.25, -0.2) is 14.6 Å². The lowest BCUT2D eigenvalue weighted by Gasteiger charge is -2.30. The number of ether oxygens (including phenoxy) is 2. The zero-order valence-electron chi connectivity index (χ0n) is 27.2. The van der Waals surface area contributed by atoms with E-state index in [1.54, 1.807) is 57.3 Å². The number of anilines is 1. The number of amides is 3. The first-order chi connectivity index (χ1) is 23.0. The summed E-state index contributed by atoms with van der Waals surface area (Å²) < 4.78 is 16.8. The number of Topliss-reactive ketones (excluding diaryl/α,β-unsaturated/α-hetero) is 1. The molecular formula is C34H41N5O9. The number of aromatic nitrogens is 2. The number of aliphatic hydroxyl groups is 1. The van der Waals surface area contributed by atoms with Gasteiger partial charge in [0.1, 0.15) is 24.2 Å². The first-order valence-electron chi connectivity index (χ1n) is 15.8. The Kier molecular flexibility index (Phi) is 12.8. The van der Waals surface area contributed by atoms with Gasteiger partial charge >= 0.3 is 12.1 Å². The topological polar surface area (TPSA) is 190 Å². The third-order valence-corrected chi connectivity index (χ3v) is 7.84. The van der Waals surface area contributed by atoms with Crippen LogP contribution in [0.3, 0.4) is 0 Å². The van der Waals surface area contributed by atoms with Crippen LogP contribution in [0.2, 0.25) is 0 Å². The van der Waals surface area contributed by atoms with Crippen LogP contribution in [0.25, 0.3) is 0 Å². The molecule has 48 heavy (non-hydrogen) atoms. The molecule has 4 heterocycles. The number of hydrogen-bond donors (Lipinski definition) is 3. The fraction of sp³-hybridized carbons (Fsp3) is 0.441.